The Kier molecular flexibility index (Phi) is 3.10. The van der Waals surface area contributed by atoms with Crippen LogP contribution in [0.25, 0.3) is 0 Å². The fourth-order valence-electron chi connectivity index (χ4n) is 4.51. The normalized spacial score (nSPS) is 38.4. The fourth-order valence-corrected chi connectivity index (χ4v) is 5.90. The third kappa shape index (κ3) is 1.77. The van der Waals surface area contributed by atoms with E-state index in [1.165, 1.54) is 24.1 Å². The molecule has 2 aliphatic heterocycles. The number of hydrogen-bond acceptors (Lipinski definition) is 2. The number of thioether (sulfide) groups is 1. The summed E-state index contributed by atoms with van der Waals surface area (Å²) in [6, 6.07) is 6.96. The highest BCUT2D eigenvalue weighted by atomic mass is 32.2. The number of para-hydroxylation sites is 1. The maximum Gasteiger partial charge on any atom is 0.0408 e. The molecule has 1 fully saturated rings. The number of fused-ring (bicyclic) bond motifs is 2. The van der Waals surface area contributed by atoms with Gasteiger partial charge in [-0.05, 0) is 53.0 Å². The van der Waals surface area contributed by atoms with Gasteiger partial charge in [-0.3, -0.25) is 0 Å². The van der Waals surface area contributed by atoms with E-state index < -0.39 is 0 Å². The predicted molar refractivity (Wildman–Crippen MR) is 88.3 cm³/mol. The summed E-state index contributed by atoms with van der Waals surface area (Å²) in [5.41, 5.74) is 4.58. The first-order valence-corrected chi connectivity index (χ1v) is 8.89. The highest BCUT2D eigenvalue weighted by Crippen LogP contribution is 2.57. The van der Waals surface area contributed by atoms with Gasteiger partial charge in [0.2, 0.25) is 0 Å². The largest absolute Gasteiger partial charge is 0.385 e. The molecule has 0 saturated heterocycles. The molecule has 1 nitrogen and oxygen atoms in total. The lowest BCUT2D eigenvalue weighted by Gasteiger charge is -2.28. The minimum absolute atomic E-state index is 0.696. The van der Waals surface area contributed by atoms with E-state index in [0.717, 1.165) is 29.5 Å². The summed E-state index contributed by atoms with van der Waals surface area (Å²) in [5.74, 6) is 3.02. The van der Waals surface area contributed by atoms with Crippen LogP contribution in [0.3, 0.4) is 0 Å². The fraction of sp³-hybridized carbons (Fsp3) is 0.556. The smallest absolute Gasteiger partial charge is 0.0408 e. The van der Waals surface area contributed by atoms with Crippen LogP contribution in [0.5, 0.6) is 0 Å². The standard InChI is InChI=1S/C18H23NS/c1-11-12(2)18-15(8-10-20-18)16(11)14-7-3-5-13-6-4-9-19-17(13)14/h3,5,7-8,10-12,15-16,18-19H,4,6,9H2,1-2H3. The maximum absolute atomic E-state index is 3.69. The molecule has 106 valence electrons. The molecule has 4 rings (SSSR count). The van der Waals surface area contributed by atoms with E-state index in [9.17, 15) is 0 Å². The number of nitrogens with one attached hydrogen (secondary N) is 1. The van der Waals surface area contributed by atoms with Crippen molar-refractivity contribution >= 4 is 17.4 Å². The van der Waals surface area contributed by atoms with E-state index in [1.54, 1.807) is 5.56 Å². The topological polar surface area (TPSA) is 12.0 Å². The Morgan fingerprint density at radius 1 is 1.20 bits per heavy atom. The molecule has 1 saturated carbocycles. The van der Waals surface area contributed by atoms with Crippen molar-refractivity contribution in [3.8, 4) is 0 Å². The van der Waals surface area contributed by atoms with Crippen molar-refractivity contribution in [2.75, 3.05) is 11.9 Å². The Balaban J connectivity index is 1.79. The molecule has 0 spiro atoms. The van der Waals surface area contributed by atoms with Crippen LogP contribution in [0, 0.1) is 17.8 Å². The Labute approximate surface area is 126 Å². The molecule has 1 N–H and O–H groups in total. The van der Waals surface area contributed by atoms with Gasteiger partial charge in [0.25, 0.3) is 0 Å². The Morgan fingerprint density at radius 3 is 3.00 bits per heavy atom. The lowest BCUT2D eigenvalue weighted by atomic mass is 9.80. The molecule has 0 bridgehead atoms. The minimum atomic E-state index is 0.696. The van der Waals surface area contributed by atoms with Crippen LogP contribution in [0.4, 0.5) is 5.69 Å². The van der Waals surface area contributed by atoms with E-state index in [4.69, 9.17) is 0 Å². The average molecular weight is 285 g/mol. The van der Waals surface area contributed by atoms with Gasteiger partial charge in [-0.25, -0.2) is 0 Å². The summed E-state index contributed by atoms with van der Waals surface area (Å²) < 4.78 is 0. The molecule has 2 heterocycles. The van der Waals surface area contributed by atoms with Crippen molar-refractivity contribution < 1.29 is 0 Å². The van der Waals surface area contributed by atoms with Gasteiger partial charge in [-0.2, -0.15) is 0 Å². The molecule has 1 aliphatic carbocycles. The zero-order chi connectivity index (χ0) is 13.7. The van der Waals surface area contributed by atoms with Crippen LogP contribution in [0.1, 0.15) is 37.3 Å². The third-order valence-electron chi connectivity index (χ3n) is 5.71. The first kappa shape index (κ1) is 12.8. The minimum Gasteiger partial charge on any atom is -0.385 e. The third-order valence-corrected chi connectivity index (χ3v) is 7.08. The van der Waals surface area contributed by atoms with Crippen molar-refractivity contribution in [3.05, 3.63) is 40.8 Å². The number of hydrogen-bond donors (Lipinski definition) is 1. The molecule has 5 unspecified atom stereocenters. The Hall–Kier alpha value is -0.890. The van der Waals surface area contributed by atoms with Gasteiger partial charge < -0.3 is 5.32 Å². The zero-order valence-corrected chi connectivity index (χ0v) is 13.1. The number of benzene rings is 1. The summed E-state index contributed by atoms with van der Waals surface area (Å²) in [5, 5.41) is 6.83. The summed E-state index contributed by atoms with van der Waals surface area (Å²) in [6.07, 6.45) is 4.99. The second kappa shape index (κ2) is 4.84. The number of aryl methyl sites for hydroxylation is 1. The number of anilines is 1. The van der Waals surface area contributed by atoms with Gasteiger partial charge in [0.15, 0.2) is 0 Å². The highest BCUT2D eigenvalue weighted by Gasteiger charge is 2.48. The predicted octanol–water partition coefficient (Wildman–Crippen LogP) is 4.66. The SMILES string of the molecule is CC1C(C)C(c2cccc3c2NCCC3)C2C=CSC12. The summed E-state index contributed by atoms with van der Waals surface area (Å²) >= 11 is 2.06. The molecule has 0 amide bonds. The van der Waals surface area contributed by atoms with Crippen molar-refractivity contribution in [1.29, 1.82) is 0 Å². The van der Waals surface area contributed by atoms with Crippen molar-refractivity contribution in [2.45, 2.75) is 37.9 Å². The van der Waals surface area contributed by atoms with Crippen molar-refractivity contribution in [2.24, 2.45) is 17.8 Å². The lowest BCUT2D eigenvalue weighted by Crippen LogP contribution is -2.19. The van der Waals surface area contributed by atoms with E-state index in [1.807, 2.05) is 0 Å². The van der Waals surface area contributed by atoms with Crippen LogP contribution < -0.4 is 5.32 Å². The van der Waals surface area contributed by atoms with Crippen LogP contribution in [-0.4, -0.2) is 11.8 Å². The van der Waals surface area contributed by atoms with E-state index in [2.05, 4.69) is 60.6 Å². The molecule has 5 atom stereocenters. The van der Waals surface area contributed by atoms with Gasteiger partial charge >= 0.3 is 0 Å². The first-order chi connectivity index (χ1) is 9.77. The Bertz CT molecular complexity index is 550. The first-order valence-electron chi connectivity index (χ1n) is 7.95. The van der Waals surface area contributed by atoms with Crippen LogP contribution in [0.2, 0.25) is 0 Å². The molecule has 1 aromatic rings. The summed E-state index contributed by atoms with van der Waals surface area (Å²) in [6.45, 7) is 6.05. The lowest BCUT2D eigenvalue weighted by molar-refractivity contribution is 0.420. The van der Waals surface area contributed by atoms with E-state index >= 15 is 0 Å². The quantitative estimate of drug-likeness (QED) is 0.805. The Morgan fingerprint density at radius 2 is 2.10 bits per heavy atom. The van der Waals surface area contributed by atoms with E-state index in [0.29, 0.717) is 5.92 Å². The van der Waals surface area contributed by atoms with Crippen molar-refractivity contribution in [1.82, 2.24) is 0 Å². The van der Waals surface area contributed by atoms with Gasteiger partial charge in [0.1, 0.15) is 0 Å². The van der Waals surface area contributed by atoms with Crippen molar-refractivity contribution in [3.63, 3.8) is 0 Å². The van der Waals surface area contributed by atoms with Gasteiger partial charge in [0, 0.05) is 17.5 Å². The summed E-state index contributed by atoms with van der Waals surface area (Å²) in [7, 11) is 0. The molecular formula is C18H23NS. The van der Waals surface area contributed by atoms with Gasteiger partial charge in [-0.1, -0.05) is 38.1 Å². The second-order valence-corrected chi connectivity index (χ2v) is 7.75. The number of allylic oxidation sites excluding steroid dienone is 1. The summed E-state index contributed by atoms with van der Waals surface area (Å²) in [4.78, 5) is 0. The molecule has 0 aromatic heterocycles. The monoisotopic (exact) mass is 285 g/mol. The highest BCUT2D eigenvalue weighted by molar-refractivity contribution is 8.03. The van der Waals surface area contributed by atoms with Gasteiger partial charge in [-0.15, -0.1) is 11.8 Å². The second-order valence-electron chi connectivity index (χ2n) is 6.66. The van der Waals surface area contributed by atoms with Crippen LogP contribution in [0.15, 0.2) is 29.7 Å². The molecule has 2 heteroatoms. The zero-order valence-electron chi connectivity index (χ0n) is 12.3. The van der Waals surface area contributed by atoms with Gasteiger partial charge in [0.05, 0.1) is 0 Å². The van der Waals surface area contributed by atoms with Crippen LogP contribution >= 0.6 is 11.8 Å². The molecule has 3 aliphatic rings. The number of rotatable bonds is 1. The average Bonchev–Trinajstić information content (AvgIpc) is 3.03. The molecular weight excluding hydrogens is 262 g/mol. The van der Waals surface area contributed by atoms with Crippen LogP contribution in [-0.2, 0) is 6.42 Å². The molecule has 20 heavy (non-hydrogen) atoms. The molecule has 0 radical (unpaired) electrons. The molecule has 1 aromatic carbocycles. The maximum atomic E-state index is 3.69. The van der Waals surface area contributed by atoms with E-state index in [-0.39, 0.29) is 0 Å².